The van der Waals surface area contributed by atoms with Gasteiger partial charge in [-0.05, 0) is 35.9 Å². The van der Waals surface area contributed by atoms with Gasteiger partial charge >= 0.3 is 12.6 Å². The highest BCUT2D eigenvalue weighted by Gasteiger charge is 2.30. The molecule has 0 amide bonds. The van der Waals surface area contributed by atoms with Crippen LogP contribution in [-0.2, 0) is 14.8 Å². The minimum Gasteiger partial charge on any atom is -0.489 e. The van der Waals surface area contributed by atoms with Gasteiger partial charge in [0.1, 0.15) is 23.8 Å². The monoisotopic (exact) mass is 553 g/mol. The Hall–Kier alpha value is -3.77. The molecule has 0 spiro atoms. The summed E-state index contributed by atoms with van der Waals surface area (Å²) in [6.07, 6.45) is 6.57. The number of ether oxygens (including phenoxy) is 2. The van der Waals surface area contributed by atoms with Crippen LogP contribution >= 0.6 is 11.6 Å². The van der Waals surface area contributed by atoms with Crippen LogP contribution in [0.1, 0.15) is 24.6 Å². The second kappa shape index (κ2) is 12.5. The van der Waals surface area contributed by atoms with Crippen molar-refractivity contribution in [1.29, 1.82) is 0 Å². The second-order valence-electron chi connectivity index (χ2n) is 7.32. The summed E-state index contributed by atoms with van der Waals surface area (Å²) in [6, 6.07) is 10.1. The summed E-state index contributed by atoms with van der Waals surface area (Å²) in [5, 5.41) is 7.96. The van der Waals surface area contributed by atoms with E-state index >= 15 is 0 Å². The van der Waals surface area contributed by atoms with E-state index in [0.717, 1.165) is 6.07 Å². The zero-order valence-electron chi connectivity index (χ0n) is 19.4. The minimum absolute atomic E-state index is 0.0540. The first kappa shape index (κ1) is 27.8. The largest absolute Gasteiger partial charge is 0.489 e. The Morgan fingerprint density at radius 2 is 1.95 bits per heavy atom. The number of aliphatic carboxylic acids is 1. The molecule has 0 fully saturated rings. The Morgan fingerprint density at radius 3 is 2.62 bits per heavy atom. The van der Waals surface area contributed by atoms with Crippen molar-refractivity contribution >= 4 is 45.4 Å². The predicted molar refractivity (Wildman–Crippen MR) is 133 cm³/mol. The number of aromatic nitrogens is 2. The average Bonchev–Trinajstić information content (AvgIpc) is 2.88. The number of benzene rings is 2. The van der Waals surface area contributed by atoms with Crippen molar-refractivity contribution in [2.24, 2.45) is 0 Å². The van der Waals surface area contributed by atoms with Crippen LogP contribution < -0.4 is 13.8 Å². The molecule has 0 unspecified atom stereocenters. The van der Waals surface area contributed by atoms with Crippen molar-refractivity contribution in [3.05, 3.63) is 71.3 Å². The molecule has 1 aliphatic heterocycles. The van der Waals surface area contributed by atoms with E-state index in [9.17, 15) is 22.0 Å². The van der Waals surface area contributed by atoms with E-state index in [-0.39, 0.29) is 35.4 Å². The number of sulfonamides is 1. The van der Waals surface area contributed by atoms with Gasteiger partial charge in [0.15, 0.2) is 5.15 Å². The standard InChI is InChI=1S/C21H16ClF2N3O4S.C3H6O2/c22-20-17(25-8-9-26-20)6-4-14-5-7-19-18(12-14)27(10-11-30-19)32(28,29)16-3-1-2-15(13-16)31-21(23)24;1-2-3(4)5/h1-9,12-13,21H,10-11H2;2H2,1H3,(H,4,5)/b6-4+;. The van der Waals surface area contributed by atoms with E-state index in [4.69, 9.17) is 21.4 Å². The fraction of sp³-hybridized carbons (Fsp3) is 0.208. The lowest BCUT2D eigenvalue weighted by molar-refractivity contribution is -0.136. The second-order valence-corrected chi connectivity index (χ2v) is 9.54. The number of hydrogen-bond acceptors (Lipinski definition) is 7. The number of rotatable bonds is 7. The van der Waals surface area contributed by atoms with E-state index in [0.29, 0.717) is 22.7 Å². The highest BCUT2D eigenvalue weighted by atomic mass is 35.5. The highest BCUT2D eigenvalue weighted by Crippen LogP contribution is 2.37. The molecule has 0 saturated carbocycles. The molecule has 1 aromatic heterocycles. The molecule has 3 aromatic rings. The first-order chi connectivity index (χ1) is 17.6. The van der Waals surface area contributed by atoms with Gasteiger partial charge in [-0.3, -0.25) is 14.1 Å². The van der Waals surface area contributed by atoms with E-state index in [1.165, 1.54) is 34.9 Å². The molecule has 9 nitrogen and oxygen atoms in total. The molecular formula is C24H22ClF2N3O6S. The van der Waals surface area contributed by atoms with Crippen LogP contribution in [0.15, 0.2) is 59.8 Å². The zero-order chi connectivity index (χ0) is 27.0. The van der Waals surface area contributed by atoms with Gasteiger partial charge in [-0.1, -0.05) is 36.7 Å². The number of nitrogens with zero attached hydrogens (tertiary/aromatic N) is 3. The van der Waals surface area contributed by atoms with Gasteiger partial charge in [0, 0.05) is 24.9 Å². The molecular weight excluding hydrogens is 532 g/mol. The van der Waals surface area contributed by atoms with Crippen molar-refractivity contribution in [1.82, 2.24) is 9.97 Å². The van der Waals surface area contributed by atoms with Crippen molar-refractivity contribution in [2.75, 3.05) is 17.5 Å². The van der Waals surface area contributed by atoms with Crippen LogP contribution in [0.25, 0.3) is 12.2 Å². The van der Waals surface area contributed by atoms with Crippen molar-refractivity contribution < 1.29 is 36.6 Å². The normalized spacial score (nSPS) is 12.9. The van der Waals surface area contributed by atoms with Crippen LogP contribution in [-0.4, -0.2) is 49.2 Å². The Kier molecular flexibility index (Phi) is 9.36. The number of anilines is 1. The van der Waals surface area contributed by atoms with Crippen molar-refractivity contribution in [3.63, 3.8) is 0 Å². The van der Waals surface area contributed by atoms with Gasteiger partial charge < -0.3 is 14.6 Å². The summed E-state index contributed by atoms with van der Waals surface area (Å²) in [7, 11) is -4.06. The lowest BCUT2D eigenvalue weighted by Crippen LogP contribution is -2.38. The number of alkyl halides is 2. The summed E-state index contributed by atoms with van der Waals surface area (Å²) >= 11 is 6.01. The quantitative estimate of drug-likeness (QED) is 0.435. The summed E-state index contributed by atoms with van der Waals surface area (Å²) in [4.78, 5) is 17.3. The average molecular weight is 554 g/mol. The van der Waals surface area contributed by atoms with E-state index < -0.39 is 22.6 Å². The van der Waals surface area contributed by atoms with Gasteiger partial charge in [-0.15, -0.1) is 0 Å². The molecule has 2 aromatic carbocycles. The molecule has 0 atom stereocenters. The SMILES string of the molecule is CCC(=O)O.O=S(=O)(c1cccc(OC(F)F)c1)N1CCOc2ccc(/C=C/c3nccnc3Cl)cc21. The van der Waals surface area contributed by atoms with Crippen LogP contribution in [0.5, 0.6) is 11.5 Å². The molecule has 2 heterocycles. The van der Waals surface area contributed by atoms with Gasteiger partial charge in [0.05, 0.1) is 17.1 Å². The zero-order valence-corrected chi connectivity index (χ0v) is 21.0. The Balaban J connectivity index is 0.000000695. The summed E-state index contributed by atoms with van der Waals surface area (Å²) in [5.41, 5.74) is 1.46. The number of hydrogen-bond donors (Lipinski definition) is 1. The maximum atomic E-state index is 13.3. The third kappa shape index (κ3) is 7.37. The molecule has 0 radical (unpaired) electrons. The Morgan fingerprint density at radius 1 is 1.22 bits per heavy atom. The molecule has 0 saturated heterocycles. The van der Waals surface area contributed by atoms with Crippen molar-refractivity contribution in [3.8, 4) is 11.5 Å². The topological polar surface area (TPSA) is 119 Å². The maximum absolute atomic E-state index is 13.3. The fourth-order valence-electron chi connectivity index (χ4n) is 3.12. The molecule has 196 valence electrons. The van der Waals surface area contributed by atoms with Gasteiger partial charge in [0.2, 0.25) is 0 Å². The smallest absolute Gasteiger partial charge is 0.387 e. The van der Waals surface area contributed by atoms with Gasteiger partial charge in [-0.2, -0.15) is 8.78 Å². The van der Waals surface area contributed by atoms with E-state index in [1.54, 1.807) is 37.3 Å². The number of carboxylic acid groups (broad SMARTS) is 1. The minimum atomic E-state index is -4.06. The first-order valence-corrected chi connectivity index (χ1v) is 12.6. The summed E-state index contributed by atoms with van der Waals surface area (Å²) < 4.78 is 62.8. The molecule has 4 rings (SSSR count). The first-order valence-electron chi connectivity index (χ1n) is 10.8. The van der Waals surface area contributed by atoms with Crippen LogP contribution in [0.2, 0.25) is 5.15 Å². The number of halogens is 3. The Bertz CT molecular complexity index is 1390. The van der Waals surface area contributed by atoms with Crippen LogP contribution in [0.4, 0.5) is 14.5 Å². The van der Waals surface area contributed by atoms with Gasteiger partial charge in [-0.25, -0.2) is 13.4 Å². The molecule has 0 bridgehead atoms. The van der Waals surface area contributed by atoms with Crippen LogP contribution in [0.3, 0.4) is 0 Å². The molecule has 0 aliphatic carbocycles. The predicted octanol–water partition coefficient (Wildman–Crippen LogP) is 4.97. The lowest BCUT2D eigenvalue weighted by atomic mass is 10.1. The number of fused-ring (bicyclic) bond motifs is 1. The molecule has 37 heavy (non-hydrogen) atoms. The molecule has 1 N–H and O–H groups in total. The number of carboxylic acids is 1. The van der Waals surface area contributed by atoms with Crippen molar-refractivity contribution in [2.45, 2.75) is 24.9 Å². The lowest BCUT2D eigenvalue weighted by Gasteiger charge is -2.30. The summed E-state index contributed by atoms with van der Waals surface area (Å²) in [5.74, 6) is -0.605. The van der Waals surface area contributed by atoms with E-state index in [1.807, 2.05) is 0 Å². The maximum Gasteiger partial charge on any atom is 0.387 e. The third-order valence-corrected chi connectivity index (χ3v) is 6.94. The van der Waals surface area contributed by atoms with Crippen LogP contribution in [0, 0.1) is 0 Å². The molecule has 13 heteroatoms. The highest BCUT2D eigenvalue weighted by molar-refractivity contribution is 7.92. The summed E-state index contributed by atoms with van der Waals surface area (Å²) in [6.45, 7) is -1.26. The van der Waals surface area contributed by atoms with E-state index in [2.05, 4.69) is 14.7 Å². The fourth-order valence-corrected chi connectivity index (χ4v) is 4.78. The third-order valence-electron chi connectivity index (χ3n) is 4.84. The Labute approximate surface area is 217 Å². The van der Waals surface area contributed by atoms with Gasteiger partial charge in [0.25, 0.3) is 10.0 Å². The molecule has 1 aliphatic rings. The number of carbonyl (C=O) groups is 1.